The summed E-state index contributed by atoms with van der Waals surface area (Å²) >= 11 is 0. The van der Waals surface area contributed by atoms with E-state index in [1.54, 1.807) is 18.2 Å². The summed E-state index contributed by atoms with van der Waals surface area (Å²) in [5.74, 6) is 1.02. The Labute approximate surface area is 184 Å². The van der Waals surface area contributed by atoms with Crippen molar-refractivity contribution in [3.63, 3.8) is 0 Å². The topological polar surface area (TPSA) is 84.9 Å². The fourth-order valence-electron chi connectivity index (χ4n) is 3.49. The Bertz CT molecular complexity index is 1050. The van der Waals surface area contributed by atoms with E-state index in [4.69, 9.17) is 9.47 Å². The van der Waals surface area contributed by atoms with Crippen LogP contribution in [0.3, 0.4) is 0 Å². The lowest BCUT2D eigenvalue weighted by molar-refractivity contribution is -0.121. The summed E-state index contributed by atoms with van der Waals surface area (Å²) in [6, 6.07) is 11.1. The maximum Gasteiger partial charge on any atom is 0.232 e. The number of hydrogen-bond acceptors (Lipinski definition) is 5. The normalized spacial score (nSPS) is 14.1. The molecule has 0 fully saturated rings. The number of anilines is 1. The average Bonchev–Trinajstić information content (AvgIpc) is 2.72. The molecule has 1 atom stereocenters. The predicted molar refractivity (Wildman–Crippen MR) is 121 cm³/mol. The van der Waals surface area contributed by atoms with Crippen LogP contribution in [0.2, 0.25) is 0 Å². The molecule has 1 amide bonds. The molecular weight excluding hydrogens is 416 g/mol. The molecule has 0 radical (unpaired) electrons. The van der Waals surface area contributed by atoms with Gasteiger partial charge in [0.25, 0.3) is 0 Å². The maximum atomic E-state index is 12.4. The molecule has 1 N–H and O–H groups in total. The molecule has 0 saturated carbocycles. The number of fused-ring (bicyclic) bond motifs is 1. The van der Waals surface area contributed by atoms with Gasteiger partial charge in [-0.2, -0.15) is 0 Å². The molecule has 7 nitrogen and oxygen atoms in total. The van der Waals surface area contributed by atoms with Gasteiger partial charge in [-0.1, -0.05) is 18.2 Å². The van der Waals surface area contributed by atoms with E-state index in [-0.39, 0.29) is 24.9 Å². The Morgan fingerprint density at radius 2 is 1.77 bits per heavy atom. The van der Waals surface area contributed by atoms with Crippen molar-refractivity contribution in [1.82, 2.24) is 5.32 Å². The summed E-state index contributed by atoms with van der Waals surface area (Å²) in [6.07, 6.45) is 1.78. The number of rotatable bonds is 8. The minimum absolute atomic E-state index is 0.110. The van der Waals surface area contributed by atoms with Crippen molar-refractivity contribution in [1.29, 1.82) is 0 Å². The van der Waals surface area contributed by atoms with E-state index < -0.39 is 10.0 Å². The molecule has 0 aliphatic carbocycles. The molecule has 0 unspecified atom stereocenters. The number of carbonyl (C=O) groups is 1. The maximum absolute atomic E-state index is 12.4. The second-order valence-corrected chi connectivity index (χ2v) is 9.81. The number of benzene rings is 2. The number of nitrogens with zero attached hydrogens (tertiary/aromatic N) is 1. The van der Waals surface area contributed by atoms with Gasteiger partial charge in [-0.15, -0.1) is 0 Å². The Balaban J connectivity index is 1.59. The zero-order chi connectivity index (χ0) is 22.6. The fourth-order valence-corrected chi connectivity index (χ4v) is 4.44. The second kappa shape index (κ2) is 9.60. The van der Waals surface area contributed by atoms with Gasteiger partial charge in [-0.05, 0) is 56.0 Å². The number of carbonyl (C=O) groups excluding carboxylic acids is 1. The molecule has 0 bridgehead atoms. The third kappa shape index (κ3) is 5.91. The first kappa shape index (κ1) is 22.9. The van der Waals surface area contributed by atoms with Crippen molar-refractivity contribution in [2.45, 2.75) is 39.7 Å². The largest absolute Gasteiger partial charge is 0.486 e. The van der Waals surface area contributed by atoms with E-state index in [2.05, 4.69) is 18.3 Å². The van der Waals surface area contributed by atoms with Gasteiger partial charge in [0.2, 0.25) is 15.9 Å². The van der Waals surface area contributed by atoms with Crippen LogP contribution in [0.5, 0.6) is 11.5 Å². The van der Waals surface area contributed by atoms with Crippen LogP contribution in [-0.4, -0.2) is 40.3 Å². The lowest BCUT2D eigenvalue weighted by Crippen LogP contribution is -2.32. The first-order valence-electron chi connectivity index (χ1n) is 10.4. The third-order valence-electron chi connectivity index (χ3n) is 5.39. The number of ether oxygens (including phenoxy) is 2. The number of nitrogens with one attached hydrogen (secondary N) is 1. The van der Waals surface area contributed by atoms with Crippen LogP contribution < -0.4 is 19.1 Å². The van der Waals surface area contributed by atoms with Crippen LogP contribution in [0.15, 0.2) is 36.4 Å². The van der Waals surface area contributed by atoms with Gasteiger partial charge in [0.05, 0.1) is 18.0 Å². The van der Waals surface area contributed by atoms with Gasteiger partial charge in [-0.25, -0.2) is 8.42 Å². The molecule has 2 aromatic rings. The molecule has 31 heavy (non-hydrogen) atoms. The van der Waals surface area contributed by atoms with Gasteiger partial charge < -0.3 is 14.8 Å². The monoisotopic (exact) mass is 446 g/mol. The highest BCUT2D eigenvalue weighted by molar-refractivity contribution is 7.92. The standard InChI is InChI=1S/C23H30N2O5S/c1-16-7-8-19(14-17(16)2)18(3)24-23(26)6-5-11-25(31(4,27)28)20-9-10-21-22(15-20)30-13-12-29-21/h7-10,14-15,18H,5-6,11-13H2,1-4H3,(H,24,26)/t18-/m1/s1. The summed E-state index contributed by atoms with van der Waals surface area (Å²) in [4.78, 5) is 12.4. The molecule has 8 heteroatoms. The second-order valence-electron chi connectivity index (χ2n) is 7.90. The van der Waals surface area contributed by atoms with Gasteiger partial charge in [-0.3, -0.25) is 9.10 Å². The van der Waals surface area contributed by atoms with Crippen molar-refractivity contribution >= 4 is 21.6 Å². The van der Waals surface area contributed by atoms with E-state index in [9.17, 15) is 13.2 Å². The van der Waals surface area contributed by atoms with Gasteiger partial charge in [0.15, 0.2) is 11.5 Å². The minimum atomic E-state index is -3.51. The molecule has 1 aliphatic rings. The van der Waals surface area contributed by atoms with E-state index in [0.29, 0.717) is 36.8 Å². The number of hydrogen-bond donors (Lipinski definition) is 1. The molecule has 168 valence electrons. The summed E-state index contributed by atoms with van der Waals surface area (Å²) in [5, 5.41) is 2.99. The Morgan fingerprint density at radius 3 is 2.45 bits per heavy atom. The predicted octanol–water partition coefficient (Wildman–Crippen LogP) is 3.50. The summed E-state index contributed by atoms with van der Waals surface area (Å²) in [6.45, 7) is 7.14. The molecular formula is C23H30N2O5S. The van der Waals surface area contributed by atoms with E-state index in [0.717, 1.165) is 11.8 Å². The van der Waals surface area contributed by atoms with Crippen LogP contribution in [0.4, 0.5) is 5.69 Å². The van der Waals surface area contributed by atoms with Crippen LogP contribution in [0, 0.1) is 13.8 Å². The summed E-state index contributed by atoms with van der Waals surface area (Å²) in [7, 11) is -3.51. The molecule has 1 aliphatic heterocycles. The lowest BCUT2D eigenvalue weighted by Gasteiger charge is -2.25. The molecule has 2 aromatic carbocycles. The highest BCUT2D eigenvalue weighted by atomic mass is 32.2. The SMILES string of the molecule is Cc1ccc([C@@H](C)NC(=O)CCCN(c2ccc3c(c2)OCCO3)S(C)(=O)=O)cc1C. The van der Waals surface area contributed by atoms with Crippen molar-refractivity contribution in [3.05, 3.63) is 53.1 Å². The van der Waals surface area contributed by atoms with E-state index in [1.165, 1.54) is 15.4 Å². The first-order valence-corrected chi connectivity index (χ1v) is 12.2. The minimum Gasteiger partial charge on any atom is -0.486 e. The van der Waals surface area contributed by atoms with Crippen LogP contribution in [0.25, 0.3) is 0 Å². The highest BCUT2D eigenvalue weighted by Gasteiger charge is 2.21. The molecule has 3 rings (SSSR count). The zero-order valence-electron chi connectivity index (χ0n) is 18.5. The Kier molecular flexibility index (Phi) is 7.10. The first-order chi connectivity index (χ1) is 14.6. The average molecular weight is 447 g/mol. The van der Waals surface area contributed by atoms with Gasteiger partial charge >= 0.3 is 0 Å². The molecule has 0 aromatic heterocycles. The van der Waals surface area contributed by atoms with Crippen LogP contribution >= 0.6 is 0 Å². The van der Waals surface area contributed by atoms with Crippen molar-refractivity contribution < 1.29 is 22.7 Å². The highest BCUT2D eigenvalue weighted by Crippen LogP contribution is 2.34. The van der Waals surface area contributed by atoms with Crippen molar-refractivity contribution in [3.8, 4) is 11.5 Å². The molecule has 0 saturated heterocycles. The summed E-state index contributed by atoms with van der Waals surface area (Å²) in [5.41, 5.74) is 3.94. The number of amides is 1. The van der Waals surface area contributed by atoms with Crippen LogP contribution in [0.1, 0.15) is 42.5 Å². The zero-order valence-corrected chi connectivity index (χ0v) is 19.3. The van der Waals surface area contributed by atoms with Crippen molar-refractivity contribution in [2.75, 3.05) is 30.3 Å². The number of sulfonamides is 1. The quantitative estimate of drug-likeness (QED) is 0.671. The van der Waals surface area contributed by atoms with Crippen LogP contribution in [-0.2, 0) is 14.8 Å². The van der Waals surface area contributed by atoms with Gasteiger partial charge in [0.1, 0.15) is 13.2 Å². The smallest absolute Gasteiger partial charge is 0.232 e. The number of aryl methyl sites for hydroxylation is 2. The van der Waals surface area contributed by atoms with Gasteiger partial charge in [0, 0.05) is 19.0 Å². The molecule has 1 heterocycles. The summed E-state index contributed by atoms with van der Waals surface area (Å²) < 4.78 is 37.1. The van der Waals surface area contributed by atoms with E-state index in [1.807, 2.05) is 26.0 Å². The lowest BCUT2D eigenvalue weighted by atomic mass is 10.0. The Hall–Kier alpha value is -2.74. The third-order valence-corrected chi connectivity index (χ3v) is 6.58. The van der Waals surface area contributed by atoms with E-state index >= 15 is 0 Å². The fraction of sp³-hybridized carbons (Fsp3) is 0.435. The molecule has 0 spiro atoms. The Morgan fingerprint density at radius 1 is 1.06 bits per heavy atom. The van der Waals surface area contributed by atoms with Crippen molar-refractivity contribution in [2.24, 2.45) is 0 Å².